The number of hydrogen-bond acceptors (Lipinski definition) is 8. The number of hydrogen-bond donors (Lipinski definition) is 1. The van der Waals surface area contributed by atoms with Gasteiger partial charge in [0.2, 0.25) is 5.78 Å². The van der Waals surface area contributed by atoms with Gasteiger partial charge in [-0.25, -0.2) is 4.79 Å². The number of ether oxygens (including phenoxy) is 3. The topological polar surface area (TPSA) is 119 Å². The van der Waals surface area contributed by atoms with Gasteiger partial charge in [-0.2, -0.15) is 0 Å². The Labute approximate surface area is 248 Å². The van der Waals surface area contributed by atoms with E-state index in [0.717, 1.165) is 17.5 Å². The van der Waals surface area contributed by atoms with Crippen LogP contribution in [0.25, 0.3) is 0 Å². The maximum atomic E-state index is 13.6. The molecule has 1 heterocycles. The number of methoxy groups -OCH3 is 1. The van der Waals surface area contributed by atoms with E-state index in [1.165, 1.54) is 11.8 Å². The second-order valence-electron chi connectivity index (χ2n) is 11.4. The van der Waals surface area contributed by atoms with Crippen LogP contribution < -0.4 is 9.47 Å². The number of aliphatic hydroxyl groups excluding tert-OH is 1. The van der Waals surface area contributed by atoms with Crippen molar-refractivity contribution >= 4 is 23.4 Å². The minimum absolute atomic E-state index is 0.0402. The summed E-state index contributed by atoms with van der Waals surface area (Å²) in [5.74, 6) is -0.669. The highest BCUT2D eigenvalue weighted by Crippen LogP contribution is 2.30. The molecule has 1 N–H and O–H groups in total. The Morgan fingerprint density at radius 1 is 1.07 bits per heavy atom. The molecule has 3 rings (SSSR count). The predicted molar refractivity (Wildman–Crippen MR) is 157 cm³/mol. The standard InChI is InChI=1S/C33H43NO8/c1-6-33(3,4)30(37)31(38)34-18-8-7-9-27(34)32(39)42-29(24-12-14-26(15-13-24)41-21-22(2)36)17-11-23-10-16-28(40-5)25(19-23)20-35/h10,12-16,19,27,29,35H,6-9,11,17-18,20-21H2,1-5H3/t27-,29-/m0/s1. The van der Waals surface area contributed by atoms with Crippen molar-refractivity contribution < 1.29 is 38.5 Å². The zero-order valence-corrected chi connectivity index (χ0v) is 25.3. The number of nitrogens with zero attached hydrogens (tertiary/aromatic N) is 1. The molecule has 228 valence electrons. The van der Waals surface area contributed by atoms with E-state index in [4.69, 9.17) is 14.2 Å². The molecule has 2 aromatic carbocycles. The number of benzene rings is 2. The van der Waals surface area contributed by atoms with Crippen LogP contribution in [0.2, 0.25) is 0 Å². The van der Waals surface area contributed by atoms with E-state index in [1.54, 1.807) is 51.3 Å². The molecule has 0 saturated carbocycles. The summed E-state index contributed by atoms with van der Waals surface area (Å²) in [7, 11) is 1.55. The van der Waals surface area contributed by atoms with E-state index in [0.29, 0.717) is 55.7 Å². The molecule has 1 aliphatic heterocycles. The molecule has 42 heavy (non-hydrogen) atoms. The van der Waals surface area contributed by atoms with E-state index in [2.05, 4.69) is 0 Å². The molecule has 0 aliphatic carbocycles. The first-order valence-electron chi connectivity index (χ1n) is 14.6. The normalized spacial score (nSPS) is 16.0. The maximum Gasteiger partial charge on any atom is 0.329 e. The van der Waals surface area contributed by atoms with Crippen LogP contribution in [0.3, 0.4) is 0 Å². The van der Waals surface area contributed by atoms with E-state index in [-0.39, 0.29) is 19.0 Å². The maximum absolute atomic E-state index is 13.6. The van der Waals surface area contributed by atoms with Crippen molar-refractivity contribution in [3.8, 4) is 11.5 Å². The number of aliphatic hydroxyl groups is 1. The Morgan fingerprint density at radius 3 is 2.40 bits per heavy atom. The number of aryl methyl sites for hydroxylation is 1. The molecular weight excluding hydrogens is 538 g/mol. The SMILES string of the molecule is CCC(C)(C)C(=O)C(=O)N1CCCC[C@H]1C(=O)O[C@@H](CCc1ccc(OC)c(CO)c1)c1ccc(OCC(C)=O)cc1. The van der Waals surface area contributed by atoms with Crippen LogP contribution in [0.4, 0.5) is 0 Å². The first-order valence-corrected chi connectivity index (χ1v) is 14.6. The highest BCUT2D eigenvalue weighted by molar-refractivity contribution is 6.38. The van der Waals surface area contributed by atoms with Crippen molar-refractivity contribution in [1.29, 1.82) is 0 Å². The van der Waals surface area contributed by atoms with Gasteiger partial charge in [0, 0.05) is 17.5 Å². The number of ketones is 2. The van der Waals surface area contributed by atoms with Gasteiger partial charge in [-0.1, -0.05) is 39.0 Å². The highest BCUT2D eigenvalue weighted by atomic mass is 16.5. The van der Waals surface area contributed by atoms with E-state index in [1.807, 2.05) is 19.1 Å². The number of rotatable bonds is 14. The number of esters is 1. The molecule has 2 aromatic rings. The Bertz CT molecular complexity index is 1250. The minimum atomic E-state index is -0.842. The highest BCUT2D eigenvalue weighted by Gasteiger charge is 2.41. The van der Waals surface area contributed by atoms with Gasteiger partial charge < -0.3 is 24.2 Å². The second kappa shape index (κ2) is 15.0. The van der Waals surface area contributed by atoms with Gasteiger partial charge in [0.15, 0.2) is 5.78 Å². The lowest BCUT2D eigenvalue weighted by Gasteiger charge is -2.36. The molecule has 2 atom stereocenters. The molecule has 0 spiro atoms. The molecule has 9 nitrogen and oxygen atoms in total. The molecule has 1 fully saturated rings. The summed E-state index contributed by atoms with van der Waals surface area (Å²) in [6.07, 6.45) is 2.71. The van der Waals surface area contributed by atoms with Crippen molar-refractivity contribution in [3.05, 3.63) is 59.2 Å². The molecular formula is C33H43NO8. The summed E-state index contributed by atoms with van der Waals surface area (Å²) in [5.41, 5.74) is 1.51. The van der Waals surface area contributed by atoms with Gasteiger partial charge in [-0.3, -0.25) is 14.4 Å². The average Bonchev–Trinajstić information content (AvgIpc) is 3.01. The fourth-order valence-electron chi connectivity index (χ4n) is 4.88. The van der Waals surface area contributed by atoms with Gasteiger partial charge in [0.1, 0.15) is 30.3 Å². The largest absolute Gasteiger partial charge is 0.496 e. The van der Waals surface area contributed by atoms with Gasteiger partial charge in [0.05, 0.1) is 13.7 Å². The molecule has 0 bridgehead atoms. The number of likely N-dealkylation sites (tertiary alicyclic amines) is 1. The first-order chi connectivity index (χ1) is 20.0. The Kier molecular flexibility index (Phi) is 11.7. The van der Waals surface area contributed by atoms with Crippen molar-refractivity contribution in [2.75, 3.05) is 20.3 Å². The average molecular weight is 582 g/mol. The summed E-state index contributed by atoms with van der Waals surface area (Å²) in [6, 6.07) is 11.7. The van der Waals surface area contributed by atoms with Crippen LogP contribution in [0.5, 0.6) is 11.5 Å². The summed E-state index contributed by atoms with van der Waals surface area (Å²) in [5, 5.41) is 9.73. The van der Waals surface area contributed by atoms with Gasteiger partial charge in [0.25, 0.3) is 5.91 Å². The number of carbonyl (C=O) groups is 4. The zero-order valence-electron chi connectivity index (χ0n) is 25.3. The van der Waals surface area contributed by atoms with Crippen LogP contribution in [0.1, 0.15) is 82.6 Å². The van der Waals surface area contributed by atoms with Crippen LogP contribution in [-0.4, -0.2) is 59.8 Å². The predicted octanol–water partition coefficient (Wildman–Crippen LogP) is 4.76. The number of Topliss-reactive ketones (excluding diaryl/α,β-unsaturated/α-hetero) is 2. The quantitative estimate of drug-likeness (QED) is 0.251. The zero-order chi connectivity index (χ0) is 30.9. The van der Waals surface area contributed by atoms with Gasteiger partial charge >= 0.3 is 5.97 Å². The number of piperidine rings is 1. The van der Waals surface area contributed by atoms with Crippen molar-refractivity contribution in [3.63, 3.8) is 0 Å². The summed E-state index contributed by atoms with van der Waals surface area (Å²) >= 11 is 0. The molecule has 1 amide bonds. The van der Waals surface area contributed by atoms with Gasteiger partial charge in [-0.05, 0) is 80.8 Å². The first kappa shape index (κ1) is 32.8. The van der Waals surface area contributed by atoms with Crippen LogP contribution in [0, 0.1) is 5.41 Å². The second-order valence-corrected chi connectivity index (χ2v) is 11.4. The molecule has 1 saturated heterocycles. The molecule has 1 aliphatic rings. The molecule has 9 heteroatoms. The van der Waals surface area contributed by atoms with Crippen molar-refractivity contribution in [1.82, 2.24) is 4.90 Å². The summed E-state index contributed by atoms with van der Waals surface area (Å²) in [4.78, 5) is 52.6. The minimum Gasteiger partial charge on any atom is -0.496 e. The van der Waals surface area contributed by atoms with Crippen LogP contribution in [0.15, 0.2) is 42.5 Å². The lowest BCUT2D eigenvalue weighted by molar-refractivity contribution is -0.164. The van der Waals surface area contributed by atoms with Crippen LogP contribution in [-0.2, 0) is 36.9 Å². The molecule has 0 aromatic heterocycles. The van der Waals surface area contributed by atoms with E-state index < -0.39 is 35.2 Å². The fourth-order valence-corrected chi connectivity index (χ4v) is 4.88. The van der Waals surface area contributed by atoms with E-state index in [9.17, 15) is 24.3 Å². The lowest BCUT2D eigenvalue weighted by atomic mass is 9.84. The fraction of sp³-hybridized carbons (Fsp3) is 0.515. The smallest absolute Gasteiger partial charge is 0.329 e. The Hall–Kier alpha value is -3.72. The lowest BCUT2D eigenvalue weighted by Crippen LogP contribution is -2.53. The third-order valence-electron chi connectivity index (χ3n) is 7.89. The molecule has 0 unspecified atom stereocenters. The van der Waals surface area contributed by atoms with Crippen molar-refractivity contribution in [2.45, 2.75) is 85.0 Å². The summed E-state index contributed by atoms with van der Waals surface area (Å²) in [6.45, 7) is 6.91. The number of carbonyl (C=O) groups excluding carboxylic acids is 4. The van der Waals surface area contributed by atoms with Gasteiger partial charge in [-0.15, -0.1) is 0 Å². The number of amides is 1. The molecule has 0 radical (unpaired) electrons. The third-order valence-corrected chi connectivity index (χ3v) is 7.89. The Balaban J connectivity index is 1.84. The van der Waals surface area contributed by atoms with Crippen LogP contribution >= 0.6 is 0 Å². The Morgan fingerprint density at radius 2 is 1.79 bits per heavy atom. The van der Waals surface area contributed by atoms with E-state index >= 15 is 0 Å². The van der Waals surface area contributed by atoms with Crippen molar-refractivity contribution in [2.24, 2.45) is 5.41 Å². The summed E-state index contributed by atoms with van der Waals surface area (Å²) < 4.78 is 16.9. The third kappa shape index (κ3) is 8.41. The monoisotopic (exact) mass is 581 g/mol.